The number of hydrogen-bond acceptors (Lipinski definition) is 4. The summed E-state index contributed by atoms with van der Waals surface area (Å²) in [7, 11) is 0. The zero-order valence-corrected chi connectivity index (χ0v) is 14.3. The summed E-state index contributed by atoms with van der Waals surface area (Å²) in [4.78, 5) is 20.6. The van der Waals surface area contributed by atoms with Crippen LogP contribution in [0.25, 0.3) is 0 Å². The highest BCUT2D eigenvalue weighted by molar-refractivity contribution is 6.27. The monoisotopic (exact) mass is 325 g/mol. The number of rotatable bonds is 7. The highest BCUT2D eigenvalue weighted by Crippen LogP contribution is 2.19. The van der Waals surface area contributed by atoms with E-state index in [2.05, 4.69) is 50.8 Å². The molecule has 1 aromatic rings. The summed E-state index contributed by atoms with van der Waals surface area (Å²) in [6, 6.07) is 8.41. The van der Waals surface area contributed by atoms with Crippen LogP contribution >= 0.6 is 0 Å². The van der Waals surface area contributed by atoms with E-state index in [0.717, 1.165) is 32.0 Å². The van der Waals surface area contributed by atoms with Crippen molar-refractivity contribution in [3.8, 4) is 5.75 Å². The number of carboxylic acid groups (broad SMARTS) is 2. The minimum atomic E-state index is -1.82. The highest BCUT2D eigenvalue weighted by atomic mass is 16.5. The molecule has 0 bridgehead atoms. The van der Waals surface area contributed by atoms with Crippen LogP contribution in [0.5, 0.6) is 5.75 Å². The summed E-state index contributed by atoms with van der Waals surface area (Å²) in [6.45, 7) is 12.7. The van der Waals surface area contributed by atoms with E-state index in [1.54, 1.807) is 0 Å². The molecule has 0 aliphatic rings. The highest BCUT2D eigenvalue weighted by Gasteiger charge is 2.04. The molecule has 6 heteroatoms. The first-order chi connectivity index (χ1) is 10.8. The molecule has 130 valence electrons. The van der Waals surface area contributed by atoms with Crippen LogP contribution in [0.3, 0.4) is 0 Å². The Balaban J connectivity index is 0.000000688. The van der Waals surface area contributed by atoms with Gasteiger partial charge in [0.1, 0.15) is 12.4 Å². The molecule has 0 aromatic heterocycles. The fraction of sp³-hybridized carbons (Fsp3) is 0.529. The molecule has 0 spiro atoms. The summed E-state index contributed by atoms with van der Waals surface area (Å²) in [6.07, 6.45) is 0. The van der Waals surface area contributed by atoms with Gasteiger partial charge in [-0.2, -0.15) is 0 Å². The molecule has 0 heterocycles. The zero-order chi connectivity index (χ0) is 17.8. The van der Waals surface area contributed by atoms with Gasteiger partial charge in [-0.1, -0.05) is 39.8 Å². The fourth-order valence-electron chi connectivity index (χ4n) is 1.80. The van der Waals surface area contributed by atoms with E-state index in [9.17, 15) is 0 Å². The maximum Gasteiger partial charge on any atom is 0.414 e. The van der Waals surface area contributed by atoms with E-state index in [-0.39, 0.29) is 0 Å². The second-order valence-electron chi connectivity index (χ2n) is 5.21. The van der Waals surface area contributed by atoms with E-state index in [1.165, 1.54) is 5.56 Å². The quantitative estimate of drug-likeness (QED) is 0.750. The van der Waals surface area contributed by atoms with Gasteiger partial charge in [-0.15, -0.1) is 0 Å². The second-order valence-corrected chi connectivity index (χ2v) is 5.21. The van der Waals surface area contributed by atoms with E-state index in [1.807, 2.05) is 6.07 Å². The fourth-order valence-corrected chi connectivity index (χ4v) is 1.80. The van der Waals surface area contributed by atoms with Crippen LogP contribution in [0, 0.1) is 0 Å². The summed E-state index contributed by atoms with van der Waals surface area (Å²) in [5, 5.41) is 14.8. The van der Waals surface area contributed by atoms with Crippen LogP contribution in [-0.4, -0.2) is 53.3 Å². The number of ether oxygens (including phenoxy) is 1. The number of carbonyl (C=O) groups is 2. The molecule has 0 saturated carbocycles. The molecular weight excluding hydrogens is 298 g/mol. The van der Waals surface area contributed by atoms with Crippen LogP contribution in [0.4, 0.5) is 0 Å². The predicted molar refractivity (Wildman–Crippen MR) is 89.1 cm³/mol. The molecule has 0 aliphatic heterocycles. The Bertz CT molecular complexity index is 472. The molecular formula is C17H27NO5. The van der Waals surface area contributed by atoms with Crippen LogP contribution in [0.2, 0.25) is 0 Å². The van der Waals surface area contributed by atoms with Crippen LogP contribution < -0.4 is 4.74 Å². The number of nitrogens with zero attached hydrogens (tertiary/aromatic N) is 1. The molecule has 1 aromatic carbocycles. The van der Waals surface area contributed by atoms with Gasteiger partial charge in [0, 0.05) is 6.54 Å². The normalized spacial score (nSPS) is 10.2. The van der Waals surface area contributed by atoms with Crippen LogP contribution in [0.1, 0.15) is 39.2 Å². The lowest BCUT2D eigenvalue weighted by molar-refractivity contribution is -0.159. The standard InChI is InChI=1S/C15H25NO.C2H2O4/c1-5-16(6-2)10-11-17-15-9-7-8-14(12-15)13(3)4;3-1(4)2(5)6/h7-9,12-13H,5-6,10-11H2,1-4H3;(H,3,4)(H,5,6). The first kappa shape index (κ1) is 20.9. The number of benzene rings is 1. The van der Waals surface area contributed by atoms with Crippen molar-refractivity contribution in [1.82, 2.24) is 4.90 Å². The molecule has 0 fully saturated rings. The molecule has 1 rings (SSSR count). The minimum Gasteiger partial charge on any atom is -0.492 e. The van der Waals surface area contributed by atoms with Crippen LogP contribution in [0.15, 0.2) is 24.3 Å². The van der Waals surface area contributed by atoms with Crippen molar-refractivity contribution in [1.29, 1.82) is 0 Å². The first-order valence-corrected chi connectivity index (χ1v) is 7.73. The summed E-state index contributed by atoms with van der Waals surface area (Å²) in [5.74, 6) is -2.10. The SMILES string of the molecule is CCN(CC)CCOc1cccc(C(C)C)c1.O=C(O)C(=O)O. The number of hydrogen-bond donors (Lipinski definition) is 2. The van der Waals surface area contributed by atoms with Crippen molar-refractivity contribution in [2.45, 2.75) is 33.6 Å². The average Bonchev–Trinajstić information content (AvgIpc) is 2.52. The van der Waals surface area contributed by atoms with Gasteiger partial charge in [-0.25, -0.2) is 9.59 Å². The Hall–Kier alpha value is -2.08. The molecule has 0 saturated heterocycles. The minimum absolute atomic E-state index is 0.557. The maximum atomic E-state index is 9.10. The first-order valence-electron chi connectivity index (χ1n) is 7.73. The van der Waals surface area contributed by atoms with Gasteiger partial charge in [0.05, 0.1) is 0 Å². The van der Waals surface area contributed by atoms with Gasteiger partial charge >= 0.3 is 11.9 Å². The predicted octanol–water partition coefficient (Wildman–Crippen LogP) is 2.69. The number of likely N-dealkylation sites (N-methyl/N-ethyl adjacent to an activating group) is 1. The third-order valence-corrected chi connectivity index (χ3v) is 3.28. The second kappa shape index (κ2) is 11.5. The van der Waals surface area contributed by atoms with Gasteiger partial charge in [0.25, 0.3) is 0 Å². The Labute approximate surface area is 137 Å². The summed E-state index contributed by atoms with van der Waals surface area (Å²) in [5.41, 5.74) is 1.34. The smallest absolute Gasteiger partial charge is 0.414 e. The third kappa shape index (κ3) is 9.52. The summed E-state index contributed by atoms with van der Waals surface area (Å²) < 4.78 is 5.79. The van der Waals surface area contributed by atoms with Crippen molar-refractivity contribution in [3.05, 3.63) is 29.8 Å². The van der Waals surface area contributed by atoms with E-state index in [0.29, 0.717) is 5.92 Å². The van der Waals surface area contributed by atoms with Crippen molar-refractivity contribution < 1.29 is 24.5 Å². The molecule has 0 amide bonds. The topological polar surface area (TPSA) is 87.1 Å². The van der Waals surface area contributed by atoms with Crippen molar-refractivity contribution in [2.75, 3.05) is 26.2 Å². The van der Waals surface area contributed by atoms with Crippen molar-refractivity contribution >= 4 is 11.9 Å². The molecule has 0 aliphatic carbocycles. The Morgan fingerprint density at radius 2 is 1.70 bits per heavy atom. The molecule has 2 N–H and O–H groups in total. The maximum absolute atomic E-state index is 9.10. The molecule has 0 atom stereocenters. The Kier molecular flexibility index (Phi) is 10.4. The third-order valence-electron chi connectivity index (χ3n) is 3.28. The van der Waals surface area contributed by atoms with Crippen molar-refractivity contribution in [3.63, 3.8) is 0 Å². The van der Waals surface area contributed by atoms with Gasteiger partial charge in [0.15, 0.2) is 0 Å². The molecule has 0 unspecified atom stereocenters. The van der Waals surface area contributed by atoms with E-state index < -0.39 is 11.9 Å². The van der Waals surface area contributed by atoms with Gasteiger partial charge in [-0.05, 0) is 36.7 Å². The van der Waals surface area contributed by atoms with Crippen LogP contribution in [-0.2, 0) is 9.59 Å². The average molecular weight is 325 g/mol. The van der Waals surface area contributed by atoms with E-state index in [4.69, 9.17) is 24.5 Å². The lowest BCUT2D eigenvalue weighted by atomic mass is 10.0. The molecule has 0 radical (unpaired) electrons. The lowest BCUT2D eigenvalue weighted by Gasteiger charge is -2.18. The Morgan fingerprint density at radius 3 is 2.13 bits per heavy atom. The van der Waals surface area contributed by atoms with Gasteiger partial charge < -0.3 is 19.8 Å². The van der Waals surface area contributed by atoms with Gasteiger partial charge in [-0.3, -0.25) is 0 Å². The lowest BCUT2D eigenvalue weighted by Crippen LogP contribution is -2.27. The molecule has 6 nitrogen and oxygen atoms in total. The summed E-state index contributed by atoms with van der Waals surface area (Å²) >= 11 is 0. The Morgan fingerprint density at radius 1 is 1.13 bits per heavy atom. The number of carboxylic acids is 2. The largest absolute Gasteiger partial charge is 0.492 e. The molecule has 23 heavy (non-hydrogen) atoms. The van der Waals surface area contributed by atoms with Crippen molar-refractivity contribution in [2.24, 2.45) is 0 Å². The number of aliphatic carboxylic acids is 2. The zero-order valence-electron chi connectivity index (χ0n) is 14.3. The van der Waals surface area contributed by atoms with Gasteiger partial charge in [0.2, 0.25) is 0 Å². The van der Waals surface area contributed by atoms with E-state index >= 15 is 0 Å².